The maximum absolute atomic E-state index is 14.0. The summed E-state index contributed by atoms with van der Waals surface area (Å²) in [6.45, 7) is 4.33. The van der Waals surface area contributed by atoms with Crippen molar-refractivity contribution in [2.24, 2.45) is 0 Å². The molecule has 0 radical (unpaired) electrons. The van der Waals surface area contributed by atoms with Gasteiger partial charge in [0.05, 0.1) is 40.5 Å². The first-order valence-electron chi connectivity index (χ1n) is 16.4. The molecule has 0 aliphatic carbocycles. The van der Waals surface area contributed by atoms with E-state index in [4.69, 9.17) is 28.4 Å². The highest BCUT2D eigenvalue weighted by Gasteiger charge is 2.44. The predicted octanol–water partition coefficient (Wildman–Crippen LogP) is 3.01. The highest BCUT2D eigenvalue weighted by Crippen LogP contribution is 2.38. The zero-order chi connectivity index (χ0) is 34.2. The Balaban J connectivity index is 1.23. The number of amides is 3. The van der Waals surface area contributed by atoms with E-state index < -0.39 is 5.60 Å². The number of rotatable bonds is 4. The van der Waals surface area contributed by atoms with E-state index in [1.54, 1.807) is 54.6 Å². The van der Waals surface area contributed by atoms with Gasteiger partial charge >= 0.3 is 0 Å². The van der Waals surface area contributed by atoms with Crippen LogP contribution in [-0.2, 0) is 20.9 Å². The summed E-state index contributed by atoms with van der Waals surface area (Å²) in [5.74, 6) is 2.33. The molecular formula is C36H42N4O9. The maximum atomic E-state index is 14.0. The lowest BCUT2D eigenvalue weighted by Gasteiger charge is -2.41. The summed E-state index contributed by atoms with van der Waals surface area (Å²) < 4.78 is 35.0. The molecule has 0 aromatic heterocycles. The zero-order valence-corrected chi connectivity index (χ0v) is 27.8. The number of hydrogen-bond acceptors (Lipinski definition) is 10. The lowest BCUT2D eigenvalue weighted by molar-refractivity contribution is -0.143. The van der Waals surface area contributed by atoms with Gasteiger partial charge in [-0.3, -0.25) is 19.3 Å². The number of methoxy groups -OCH3 is 2. The zero-order valence-electron chi connectivity index (χ0n) is 27.8. The largest absolute Gasteiger partial charge is 0.493 e. The van der Waals surface area contributed by atoms with Crippen molar-refractivity contribution in [3.05, 3.63) is 71.8 Å². The van der Waals surface area contributed by atoms with E-state index in [0.29, 0.717) is 92.3 Å². The van der Waals surface area contributed by atoms with Crippen molar-refractivity contribution in [3.8, 4) is 34.5 Å². The van der Waals surface area contributed by atoms with Crippen LogP contribution in [0.1, 0.15) is 28.8 Å². The van der Waals surface area contributed by atoms with E-state index in [9.17, 15) is 14.4 Å². The Labute approximate surface area is 285 Å². The summed E-state index contributed by atoms with van der Waals surface area (Å²) >= 11 is 0. The lowest BCUT2D eigenvalue weighted by Crippen LogP contribution is -2.58. The molecule has 0 atom stereocenters. The topological polar surface area (TPSA) is 137 Å². The molecular weight excluding hydrogens is 632 g/mol. The quantitative estimate of drug-likeness (QED) is 0.425. The molecule has 2 fully saturated rings. The molecule has 11 rings (SSSR count). The Morgan fingerprint density at radius 2 is 1.49 bits per heavy atom. The second-order valence-electron chi connectivity index (χ2n) is 12.1. The number of ether oxygens (including phenoxy) is 6. The Bertz CT molecular complexity index is 1630. The van der Waals surface area contributed by atoms with Crippen molar-refractivity contribution >= 4 is 17.7 Å². The minimum atomic E-state index is -1.16. The van der Waals surface area contributed by atoms with E-state index in [1.165, 1.54) is 14.2 Å². The lowest BCUT2D eigenvalue weighted by atomic mass is 9.89. The van der Waals surface area contributed by atoms with Crippen LogP contribution in [0.5, 0.6) is 34.5 Å². The van der Waals surface area contributed by atoms with Gasteiger partial charge in [0.1, 0.15) is 18.1 Å². The van der Waals surface area contributed by atoms with Crippen LogP contribution in [0.4, 0.5) is 0 Å². The summed E-state index contributed by atoms with van der Waals surface area (Å²) in [5.41, 5.74) is 0.0431. The van der Waals surface area contributed by atoms with Crippen LogP contribution in [-0.4, -0.2) is 106 Å². The van der Waals surface area contributed by atoms with Crippen molar-refractivity contribution < 1.29 is 42.8 Å². The molecule has 8 aliphatic rings. The summed E-state index contributed by atoms with van der Waals surface area (Å²) in [5, 5.41) is 5.94. The summed E-state index contributed by atoms with van der Waals surface area (Å²) in [6.07, 6.45) is 0.785. The molecule has 3 amide bonds. The average Bonchev–Trinajstić information content (AvgIpc) is 3.14. The van der Waals surface area contributed by atoms with E-state index >= 15 is 0 Å². The summed E-state index contributed by atoms with van der Waals surface area (Å²) in [6, 6.07) is 17.4. The van der Waals surface area contributed by atoms with Crippen LogP contribution in [0.3, 0.4) is 0 Å². The van der Waals surface area contributed by atoms with Crippen molar-refractivity contribution in [2.45, 2.75) is 25.0 Å². The van der Waals surface area contributed by atoms with Crippen LogP contribution in [0, 0.1) is 0 Å². The molecule has 3 aromatic rings. The Hall–Kier alpha value is -5.01. The average molecular weight is 675 g/mol. The van der Waals surface area contributed by atoms with E-state index in [1.807, 2.05) is 11.0 Å². The maximum Gasteiger partial charge on any atom is 0.264 e. The third-order valence-corrected chi connectivity index (χ3v) is 8.92. The van der Waals surface area contributed by atoms with Crippen LogP contribution in [0.2, 0.25) is 0 Å². The molecule has 0 unspecified atom stereocenters. The fraction of sp³-hybridized carbons (Fsp3) is 0.417. The molecule has 13 nitrogen and oxygen atoms in total. The predicted molar refractivity (Wildman–Crippen MR) is 179 cm³/mol. The molecule has 1 spiro atoms. The number of nitrogens with zero attached hydrogens (tertiary/aromatic N) is 2. The molecule has 6 bridgehead atoms. The second kappa shape index (κ2) is 15.5. The summed E-state index contributed by atoms with van der Waals surface area (Å²) in [7, 11) is 3.04. The van der Waals surface area contributed by atoms with E-state index in [-0.39, 0.29) is 44.0 Å². The Morgan fingerprint density at radius 3 is 2.20 bits per heavy atom. The number of carbonyl (C=O) groups is 3. The number of benzene rings is 3. The third-order valence-electron chi connectivity index (χ3n) is 8.92. The van der Waals surface area contributed by atoms with E-state index in [0.717, 1.165) is 5.56 Å². The minimum Gasteiger partial charge on any atom is -0.493 e. The van der Waals surface area contributed by atoms with Crippen molar-refractivity contribution in [2.75, 3.05) is 73.3 Å². The summed E-state index contributed by atoms with van der Waals surface area (Å²) in [4.78, 5) is 43.7. The first-order valence-corrected chi connectivity index (χ1v) is 16.4. The third kappa shape index (κ3) is 8.18. The van der Waals surface area contributed by atoms with Gasteiger partial charge in [0.2, 0.25) is 5.91 Å². The molecule has 2 N–H and O–H groups in total. The molecule has 49 heavy (non-hydrogen) atoms. The van der Waals surface area contributed by atoms with Gasteiger partial charge in [-0.25, -0.2) is 0 Å². The van der Waals surface area contributed by atoms with Crippen LogP contribution >= 0.6 is 0 Å². The number of likely N-dealkylation sites (tertiary alicyclic amines) is 1. The van der Waals surface area contributed by atoms with Gasteiger partial charge in [0.15, 0.2) is 28.6 Å². The number of nitrogens with one attached hydrogen (secondary N) is 2. The SMILES string of the molecule is COc1cc2ccc1Oc1ccc(cc1OC)C(=O)NCCOc1ccc(cc1)OC1(CCN(CC(=O)N3CCOCC3)CC1)C(=O)NC2. The van der Waals surface area contributed by atoms with Crippen LogP contribution < -0.4 is 34.3 Å². The van der Waals surface area contributed by atoms with Crippen LogP contribution in [0.15, 0.2) is 60.7 Å². The van der Waals surface area contributed by atoms with Gasteiger partial charge in [0.25, 0.3) is 11.8 Å². The Morgan fingerprint density at radius 1 is 0.816 bits per heavy atom. The van der Waals surface area contributed by atoms with Crippen molar-refractivity contribution in [3.63, 3.8) is 0 Å². The molecule has 260 valence electrons. The van der Waals surface area contributed by atoms with Crippen LogP contribution in [0.25, 0.3) is 0 Å². The standard InChI is InChI=1S/C36H42N4O9/c1-44-31-21-25-3-9-29(31)48-30-10-4-26(22-32(30)45-2)34(42)37-13-18-47-27-5-7-28(8-6-27)49-36(35(43)38-23-25)11-14-39(15-12-36)24-33(41)40-16-19-46-20-17-40/h3-10,21-22H,11-20,23-24H2,1-2H3,(H,37,42)(H,38,43). The number of carbonyl (C=O) groups excluding carboxylic acids is 3. The molecule has 3 aromatic carbocycles. The van der Waals surface area contributed by atoms with Gasteiger partial charge in [-0.1, -0.05) is 6.07 Å². The van der Waals surface area contributed by atoms with Gasteiger partial charge in [-0.2, -0.15) is 0 Å². The fourth-order valence-electron chi connectivity index (χ4n) is 6.08. The molecule has 2 saturated heterocycles. The monoisotopic (exact) mass is 674 g/mol. The van der Waals surface area contributed by atoms with Gasteiger partial charge in [-0.15, -0.1) is 0 Å². The van der Waals surface area contributed by atoms with Gasteiger partial charge < -0.3 is 44.0 Å². The van der Waals surface area contributed by atoms with Gasteiger partial charge in [-0.05, 0) is 60.2 Å². The second-order valence-corrected chi connectivity index (χ2v) is 12.1. The first-order chi connectivity index (χ1) is 23.9. The Kier molecular flexibility index (Phi) is 10.7. The molecule has 13 heteroatoms. The molecule has 8 aliphatic heterocycles. The molecule has 0 saturated carbocycles. The number of hydrogen-bond donors (Lipinski definition) is 2. The van der Waals surface area contributed by atoms with E-state index in [2.05, 4.69) is 15.5 Å². The first kappa shape index (κ1) is 33.9. The van der Waals surface area contributed by atoms with Gasteiger partial charge in [0, 0.05) is 51.1 Å². The number of piperidine rings is 1. The van der Waals surface area contributed by atoms with Crippen molar-refractivity contribution in [1.29, 1.82) is 0 Å². The normalized spacial score (nSPS) is 18.5. The number of morpholine rings is 1. The fourth-order valence-corrected chi connectivity index (χ4v) is 6.08. The highest BCUT2D eigenvalue weighted by molar-refractivity contribution is 5.95. The minimum absolute atomic E-state index is 0.0645. The molecule has 8 heterocycles. The smallest absolute Gasteiger partial charge is 0.264 e. The highest BCUT2D eigenvalue weighted by atomic mass is 16.5. The van der Waals surface area contributed by atoms with Crippen molar-refractivity contribution in [1.82, 2.24) is 20.4 Å².